The van der Waals surface area contributed by atoms with E-state index in [9.17, 15) is 4.39 Å². The zero-order valence-electron chi connectivity index (χ0n) is 3.93. The molecule has 0 spiro atoms. The van der Waals surface area contributed by atoms with E-state index in [1.165, 1.54) is 0 Å². The summed E-state index contributed by atoms with van der Waals surface area (Å²) in [6.07, 6.45) is -1.01. The molecule has 0 aromatic carbocycles. The summed E-state index contributed by atoms with van der Waals surface area (Å²) in [4.78, 5) is 0. The van der Waals surface area contributed by atoms with E-state index in [-0.39, 0.29) is 25.5 Å². The second-order valence-corrected chi connectivity index (χ2v) is 1.07. The van der Waals surface area contributed by atoms with E-state index in [1.54, 1.807) is 0 Å². The van der Waals surface area contributed by atoms with Crippen molar-refractivity contribution in [3.8, 4) is 0 Å². The van der Waals surface area contributed by atoms with Gasteiger partial charge in [-0.1, -0.05) is 0 Å². The molecule has 0 aliphatic rings. The SMILES string of the molecule is Cl.NCC(F)CN. The summed E-state index contributed by atoms with van der Waals surface area (Å²) in [5.41, 5.74) is 9.66. The van der Waals surface area contributed by atoms with Crippen LogP contribution in [-0.2, 0) is 0 Å². The number of halogens is 2. The van der Waals surface area contributed by atoms with Crippen molar-refractivity contribution < 1.29 is 4.39 Å². The molecule has 0 aliphatic carbocycles. The summed E-state index contributed by atoms with van der Waals surface area (Å²) in [5.74, 6) is 0. The molecule has 0 amide bonds. The highest BCUT2D eigenvalue weighted by atomic mass is 35.5. The van der Waals surface area contributed by atoms with Crippen molar-refractivity contribution in [3.05, 3.63) is 0 Å². The van der Waals surface area contributed by atoms with Crippen LogP contribution in [0.1, 0.15) is 0 Å². The summed E-state index contributed by atoms with van der Waals surface area (Å²) < 4.78 is 11.6. The van der Waals surface area contributed by atoms with E-state index in [0.29, 0.717) is 0 Å². The zero-order chi connectivity index (χ0) is 4.99. The molecule has 0 saturated carbocycles. The van der Waals surface area contributed by atoms with Gasteiger partial charge in [0.05, 0.1) is 0 Å². The molecule has 7 heavy (non-hydrogen) atoms. The highest BCUT2D eigenvalue weighted by Crippen LogP contribution is 1.77. The van der Waals surface area contributed by atoms with Gasteiger partial charge >= 0.3 is 0 Å². The van der Waals surface area contributed by atoms with E-state index in [0.717, 1.165) is 0 Å². The fraction of sp³-hybridized carbons (Fsp3) is 1.00. The summed E-state index contributed by atoms with van der Waals surface area (Å²) >= 11 is 0. The van der Waals surface area contributed by atoms with E-state index in [4.69, 9.17) is 11.5 Å². The van der Waals surface area contributed by atoms with Crippen LogP contribution in [0.4, 0.5) is 4.39 Å². The summed E-state index contributed by atoms with van der Waals surface area (Å²) in [6.45, 7) is 0.0764. The van der Waals surface area contributed by atoms with Crippen molar-refractivity contribution in [2.24, 2.45) is 11.5 Å². The first-order valence-corrected chi connectivity index (χ1v) is 1.85. The lowest BCUT2D eigenvalue weighted by atomic mass is 10.4. The van der Waals surface area contributed by atoms with Gasteiger partial charge in [0.25, 0.3) is 0 Å². The zero-order valence-corrected chi connectivity index (χ0v) is 4.75. The fourth-order valence-electron chi connectivity index (χ4n) is 0.0962. The summed E-state index contributed by atoms with van der Waals surface area (Å²) in [6, 6.07) is 0. The number of hydrogen-bond acceptors (Lipinski definition) is 2. The molecule has 0 fully saturated rings. The van der Waals surface area contributed by atoms with Gasteiger partial charge in [-0.25, -0.2) is 4.39 Å². The van der Waals surface area contributed by atoms with E-state index >= 15 is 0 Å². The number of nitrogens with two attached hydrogens (primary N) is 2. The predicted octanol–water partition coefficient (Wildman–Crippen LogP) is -0.336. The quantitative estimate of drug-likeness (QED) is 0.535. The molecule has 0 heterocycles. The van der Waals surface area contributed by atoms with Gasteiger partial charge in [-0.2, -0.15) is 0 Å². The van der Waals surface area contributed by atoms with Crippen LogP contribution in [-0.4, -0.2) is 19.3 Å². The highest BCUT2D eigenvalue weighted by molar-refractivity contribution is 5.85. The highest BCUT2D eigenvalue weighted by Gasteiger charge is 1.94. The Morgan fingerprint density at radius 2 is 1.57 bits per heavy atom. The second kappa shape index (κ2) is 6.14. The third-order valence-corrected chi connectivity index (χ3v) is 0.512. The van der Waals surface area contributed by atoms with Crippen LogP contribution in [0, 0.1) is 0 Å². The van der Waals surface area contributed by atoms with Crippen LogP contribution in [0.3, 0.4) is 0 Å². The number of alkyl halides is 1. The van der Waals surface area contributed by atoms with Crippen LogP contribution in [0.15, 0.2) is 0 Å². The van der Waals surface area contributed by atoms with Crippen molar-refractivity contribution in [1.82, 2.24) is 0 Å². The van der Waals surface area contributed by atoms with Gasteiger partial charge in [-0.15, -0.1) is 12.4 Å². The van der Waals surface area contributed by atoms with Crippen LogP contribution in [0.2, 0.25) is 0 Å². The molecule has 2 nitrogen and oxygen atoms in total. The van der Waals surface area contributed by atoms with Crippen molar-refractivity contribution in [2.45, 2.75) is 6.17 Å². The lowest BCUT2D eigenvalue weighted by Gasteiger charge is -1.94. The van der Waals surface area contributed by atoms with Gasteiger partial charge in [0, 0.05) is 13.1 Å². The Morgan fingerprint density at radius 1 is 1.29 bits per heavy atom. The van der Waals surface area contributed by atoms with Gasteiger partial charge in [-0.05, 0) is 0 Å². The molecule has 0 atom stereocenters. The van der Waals surface area contributed by atoms with Crippen molar-refractivity contribution in [1.29, 1.82) is 0 Å². The predicted molar refractivity (Wildman–Crippen MR) is 30.3 cm³/mol. The molecule has 4 heteroatoms. The molecule has 0 aromatic rings. The molecular weight excluding hydrogens is 118 g/mol. The maximum Gasteiger partial charge on any atom is 0.124 e. The minimum atomic E-state index is -1.01. The van der Waals surface area contributed by atoms with Crippen LogP contribution < -0.4 is 11.5 Å². The third-order valence-electron chi connectivity index (χ3n) is 0.512. The number of rotatable bonds is 2. The van der Waals surface area contributed by atoms with Crippen molar-refractivity contribution >= 4 is 12.4 Å². The largest absolute Gasteiger partial charge is 0.328 e. The molecule has 0 aliphatic heterocycles. The molecule has 0 radical (unpaired) electrons. The molecular formula is C3H10ClFN2. The van der Waals surface area contributed by atoms with Gasteiger partial charge < -0.3 is 11.5 Å². The van der Waals surface area contributed by atoms with Crippen LogP contribution in [0.5, 0.6) is 0 Å². The first kappa shape index (κ1) is 10.2. The molecule has 0 rings (SSSR count). The van der Waals surface area contributed by atoms with Crippen LogP contribution >= 0.6 is 12.4 Å². The van der Waals surface area contributed by atoms with Gasteiger partial charge in [0.1, 0.15) is 6.17 Å². The Balaban J connectivity index is 0. The summed E-state index contributed by atoms with van der Waals surface area (Å²) in [7, 11) is 0. The Labute approximate surface area is 48.5 Å². The Morgan fingerprint density at radius 3 is 1.57 bits per heavy atom. The molecule has 0 bridgehead atoms. The Kier molecular flexibility index (Phi) is 8.94. The Bertz CT molecular complexity index is 32.1. The standard InChI is InChI=1S/C3H9FN2.ClH/c4-3(1-5)2-6;/h3H,1-2,5-6H2;1H. The van der Waals surface area contributed by atoms with Crippen LogP contribution in [0.25, 0.3) is 0 Å². The topological polar surface area (TPSA) is 52.0 Å². The van der Waals surface area contributed by atoms with E-state index in [1.807, 2.05) is 0 Å². The lowest BCUT2D eigenvalue weighted by molar-refractivity contribution is 0.350. The van der Waals surface area contributed by atoms with E-state index in [2.05, 4.69) is 0 Å². The first-order chi connectivity index (χ1) is 2.81. The van der Waals surface area contributed by atoms with E-state index < -0.39 is 6.17 Å². The minimum Gasteiger partial charge on any atom is -0.328 e. The average Bonchev–Trinajstić information content (AvgIpc) is 1.65. The van der Waals surface area contributed by atoms with Gasteiger partial charge in [0.15, 0.2) is 0 Å². The Hall–Kier alpha value is 0.140. The number of hydrogen-bond donors (Lipinski definition) is 2. The van der Waals surface area contributed by atoms with Gasteiger partial charge in [-0.3, -0.25) is 0 Å². The molecule has 0 aromatic heterocycles. The van der Waals surface area contributed by atoms with Gasteiger partial charge in [0.2, 0.25) is 0 Å². The minimum absolute atomic E-state index is 0. The maximum atomic E-state index is 11.6. The summed E-state index contributed by atoms with van der Waals surface area (Å²) in [5, 5.41) is 0. The molecule has 0 unspecified atom stereocenters. The van der Waals surface area contributed by atoms with Crippen molar-refractivity contribution in [2.75, 3.05) is 13.1 Å². The molecule has 4 N–H and O–H groups in total. The molecule has 46 valence electrons. The average molecular weight is 129 g/mol. The lowest BCUT2D eigenvalue weighted by Crippen LogP contribution is -2.23. The van der Waals surface area contributed by atoms with Crippen molar-refractivity contribution in [3.63, 3.8) is 0 Å². The smallest absolute Gasteiger partial charge is 0.124 e. The monoisotopic (exact) mass is 128 g/mol. The first-order valence-electron chi connectivity index (χ1n) is 1.85. The normalized spacial score (nSPS) is 8.57. The second-order valence-electron chi connectivity index (χ2n) is 1.07. The fourth-order valence-corrected chi connectivity index (χ4v) is 0.0962. The third kappa shape index (κ3) is 6.14. The maximum absolute atomic E-state index is 11.6. The molecule has 0 saturated heterocycles.